The second-order valence-electron chi connectivity index (χ2n) is 3.65. The Morgan fingerprint density at radius 3 is 2.35 bits per heavy atom. The van der Waals surface area contributed by atoms with Crippen LogP contribution >= 0.6 is 0 Å². The lowest BCUT2D eigenvalue weighted by Gasteiger charge is -2.00. The van der Waals surface area contributed by atoms with Gasteiger partial charge in [-0.2, -0.15) is 0 Å². The van der Waals surface area contributed by atoms with E-state index in [2.05, 4.69) is 11.8 Å². The molecule has 0 unspecified atom stereocenters. The fraction of sp³-hybridized carbons (Fsp3) is 0.250. The summed E-state index contributed by atoms with van der Waals surface area (Å²) in [5, 5.41) is 0. The third-order valence-electron chi connectivity index (χ3n) is 2.20. The maximum Gasteiger partial charge on any atom is 0.338 e. The summed E-state index contributed by atoms with van der Waals surface area (Å²) < 4.78 is 9.59. The summed E-state index contributed by atoms with van der Waals surface area (Å²) in [5.41, 5.74) is 1.23. The molecule has 4 nitrogen and oxygen atoms in total. The molecule has 0 bridgehead atoms. The third-order valence-corrected chi connectivity index (χ3v) is 2.20. The number of ether oxygens (including phenoxy) is 2. The van der Waals surface area contributed by atoms with Crippen LogP contribution in [0.4, 0.5) is 0 Å². The highest BCUT2D eigenvalue weighted by Gasteiger charge is 2.04. The van der Waals surface area contributed by atoms with Crippen molar-refractivity contribution < 1.29 is 19.1 Å². The summed E-state index contributed by atoms with van der Waals surface area (Å²) in [6.45, 7) is 4.18. The van der Waals surface area contributed by atoms with Gasteiger partial charge in [-0.25, -0.2) is 9.59 Å². The molecule has 0 aromatic heterocycles. The molecule has 0 aliphatic carbocycles. The van der Waals surface area contributed by atoms with Gasteiger partial charge in [0.05, 0.1) is 18.8 Å². The zero-order valence-electron chi connectivity index (χ0n) is 11.5. The molecule has 4 heteroatoms. The summed E-state index contributed by atoms with van der Waals surface area (Å²) in [6, 6.07) is 6.74. The lowest BCUT2D eigenvalue weighted by Crippen LogP contribution is -2.04. The second kappa shape index (κ2) is 8.54. The van der Waals surface area contributed by atoms with Gasteiger partial charge in [0.25, 0.3) is 0 Å². The van der Waals surface area contributed by atoms with Crippen molar-refractivity contribution in [2.45, 2.75) is 13.8 Å². The van der Waals surface area contributed by atoms with Crippen LogP contribution in [0.2, 0.25) is 0 Å². The highest BCUT2D eigenvalue weighted by atomic mass is 16.5. The molecule has 0 saturated heterocycles. The summed E-state index contributed by atoms with van der Waals surface area (Å²) in [6.07, 6.45) is 2.70. The van der Waals surface area contributed by atoms with E-state index in [0.717, 1.165) is 5.56 Å². The molecule has 0 N–H and O–H groups in total. The normalized spacial score (nSPS) is 9.70. The number of allylic oxidation sites excluding steroid dienone is 1. The Bertz CT molecular complexity index is 544. The Balaban J connectivity index is 2.62. The van der Waals surface area contributed by atoms with Gasteiger partial charge in [0.15, 0.2) is 0 Å². The fourth-order valence-corrected chi connectivity index (χ4v) is 1.33. The first-order chi connectivity index (χ1) is 9.67. The molecule has 1 rings (SSSR count). The molecular formula is C16H16O4. The monoisotopic (exact) mass is 272 g/mol. The van der Waals surface area contributed by atoms with E-state index in [9.17, 15) is 9.59 Å². The van der Waals surface area contributed by atoms with E-state index in [0.29, 0.717) is 18.8 Å². The van der Waals surface area contributed by atoms with Crippen LogP contribution in [0.15, 0.2) is 36.4 Å². The first-order valence-corrected chi connectivity index (χ1v) is 6.29. The van der Waals surface area contributed by atoms with E-state index in [-0.39, 0.29) is 5.97 Å². The first kappa shape index (κ1) is 15.5. The van der Waals surface area contributed by atoms with Gasteiger partial charge in [-0.1, -0.05) is 11.8 Å². The van der Waals surface area contributed by atoms with Crippen molar-refractivity contribution in [1.29, 1.82) is 0 Å². The van der Waals surface area contributed by atoms with E-state index in [1.807, 2.05) is 0 Å². The molecule has 1 aromatic carbocycles. The van der Waals surface area contributed by atoms with E-state index >= 15 is 0 Å². The van der Waals surface area contributed by atoms with E-state index in [1.54, 1.807) is 38.1 Å². The minimum Gasteiger partial charge on any atom is -0.463 e. The van der Waals surface area contributed by atoms with Crippen LogP contribution in [0.5, 0.6) is 0 Å². The molecule has 0 spiro atoms. The van der Waals surface area contributed by atoms with Crippen LogP contribution < -0.4 is 0 Å². The lowest BCUT2D eigenvalue weighted by atomic mass is 10.1. The SMILES string of the molecule is CCOC(=O)/C=C\C#Cc1ccc(C(=O)OCC)cc1. The second-order valence-corrected chi connectivity index (χ2v) is 3.65. The molecule has 0 aliphatic rings. The van der Waals surface area contributed by atoms with E-state index < -0.39 is 5.97 Å². The van der Waals surface area contributed by atoms with Crippen LogP contribution in [-0.2, 0) is 14.3 Å². The van der Waals surface area contributed by atoms with E-state index in [1.165, 1.54) is 12.2 Å². The lowest BCUT2D eigenvalue weighted by molar-refractivity contribution is -0.137. The van der Waals surface area contributed by atoms with Crippen molar-refractivity contribution in [3.8, 4) is 11.8 Å². The summed E-state index contributed by atoms with van der Waals surface area (Å²) in [5.74, 6) is 4.79. The number of rotatable bonds is 4. The van der Waals surface area contributed by atoms with Crippen molar-refractivity contribution >= 4 is 11.9 Å². The molecular weight excluding hydrogens is 256 g/mol. The van der Waals surface area contributed by atoms with E-state index in [4.69, 9.17) is 9.47 Å². The highest BCUT2D eigenvalue weighted by Crippen LogP contribution is 2.05. The quantitative estimate of drug-likeness (QED) is 0.479. The average molecular weight is 272 g/mol. The van der Waals surface area contributed by atoms with Crippen molar-refractivity contribution in [3.63, 3.8) is 0 Å². The van der Waals surface area contributed by atoms with Gasteiger partial charge in [0.1, 0.15) is 0 Å². The Hall–Kier alpha value is -2.54. The Kier molecular flexibility index (Phi) is 6.63. The molecule has 0 saturated carbocycles. The minimum absolute atomic E-state index is 0.339. The van der Waals surface area contributed by atoms with Gasteiger partial charge in [0, 0.05) is 11.6 Å². The number of hydrogen-bond donors (Lipinski definition) is 0. The van der Waals surface area contributed by atoms with Crippen molar-refractivity contribution in [2.75, 3.05) is 13.2 Å². The van der Waals surface area contributed by atoms with Crippen LogP contribution in [0, 0.1) is 11.8 Å². The molecule has 0 amide bonds. The molecule has 104 valence electrons. The number of benzene rings is 1. The molecule has 0 fully saturated rings. The van der Waals surface area contributed by atoms with Crippen LogP contribution in [0.3, 0.4) is 0 Å². The standard InChI is InChI=1S/C16H16O4/c1-3-19-15(17)8-6-5-7-13-9-11-14(12-10-13)16(18)20-4-2/h6,8-12H,3-4H2,1-2H3/b8-6-. The van der Waals surface area contributed by atoms with Crippen molar-refractivity contribution in [2.24, 2.45) is 0 Å². The number of carbonyl (C=O) groups excluding carboxylic acids is 2. The fourth-order valence-electron chi connectivity index (χ4n) is 1.33. The summed E-state index contributed by atoms with van der Waals surface area (Å²) in [4.78, 5) is 22.4. The van der Waals surface area contributed by atoms with Crippen LogP contribution in [0.25, 0.3) is 0 Å². The third kappa shape index (κ3) is 5.40. The van der Waals surface area contributed by atoms with Crippen LogP contribution in [0.1, 0.15) is 29.8 Å². The van der Waals surface area contributed by atoms with Gasteiger partial charge in [0.2, 0.25) is 0 Å². The maximum atomic E-state index is 11.4. The number of hydrogen-bond acceptors (Lipinski definition) is 4. The highest BCUT2D eigenvalue weighted by molar-refractivity contribution is 5.89. The molecule has 0 radical (unpaired) electrons. The topological polar surface area (TPSA) is 52.6 Å². The largest absolute Gasteiger partial charge is 0.463 e. The Morgan fingerprint density at radius 1 is 1.10 bits per heavy atom. The van der Waals surface area contributed by atoms with Gasteiger partial charge in [-0.05, 0) is 44.2 Å². The zero-order chi connectivity index (χ0) is 14.8. The minimum atomic E-state index is -0.417. The smallest absolute Gasteiger partial charge is 0.338 e. The van der Waals surface area contributed by atoms with Gasteiger partial charge in [-0.3, -0.25) is 0 Å². The molecule has 0 aliphatic heterocycles. The molecule has 0 heterocycles. The number of carbonyl (C=O) groups is 2. The van der Waals surface area contributed by atoms with Crippen molar-refractivity contribution in [3.05, 3.63) is 47.5 Å². The summed E-state index contributed by atoms with van der Waals surface area (Å²) in [7, 11) is 0. The first-order valence-electron chi connectivity index (χ1n) is 6.29. The average Bonchev–Trinajstić information content (AvgIpc) is 2.45. The molecule has 20 heavy (non-hydrogen) atoms. The maximum absolute atomic E-state index is 11.4. The zero-order valence-corrected chi connectivity index (χ0v) is 11.5. The predicted octanol–water partition coefficient (Wildman–Crippen LogP) is 2.33. The Labute approximate surface area is 118 Å². The number of esters is 2. The van der Waals surface area contributed by atoms with Crippen LogP contribution in [-0.4, -0.2) is 25.2 Å². The Morgan fingerprint density at radius 2 is 1.75 bits per heavy atom. The molecule has 1 aromatic rings. The molecule has 0 atom stereocenters. The van der Waals surface area contributed by atoms with Gasteiger partial charge < -0.3 is 9.47 Å². The van der Waals surface area contributed by atoms with Crippen molar-refractivity contribution in [1.82, 2.24) is 0 Å². The predicted molar refractivity (Wildman–Crippen MR) is 75.0 cm³/mol. The summed E-state index contributed by atoms with van der Waals surface area (Å²) >= 11 is 0. The van der Waals surface area contributed by atoms with Gasteiger partial charge >= 0.3 is 11.9 Å². The van der Waals surface area contributed by atoms with Gasteiger partial charge in [-0.15, -0.1) is 0 Å².